The molecule has 142 valence electrons. The molecule has 2 N–H and O–H groups in total. The van der Waals surface area contributed by atoms with Crippen LogP contribution in [0.4, 0.5) is 18.9 Å². The van der Waals surface area contributed by atoms with Crippen molar-refractivity contribution in [2.75, 3.05) is 11.9 Å². The molecule has 1 amide bonds. The van der Waals surface area contributed by atoms with Crippen LogP contribution in [0.3, 0.4) is 0 Å². The minimum Gasteiger partial charge on any atom is -0.325 e. The Hall–Kier alpha value is -1.27. The van der Waals surface area contributed by atoms with Gasteiger partial charge in [0.05, 0.1) is 17.1 Å². The molecule has 0 unspecified atom stereocenters. The second-order valence-corrected chi connectivity index (χ2v) is 8.70. The number of benzene rings is 1. The molecule has 0 radical (unpaired) electrons. The highest BCUT2D eigenvalue weighted by molar-refractivity contribution is 6.31. The van der Waals surface area contributed by atoms with Gasteiger partial charge >= 0.3 is 6.18 Å². The third kappa shape index (κ3) is 3.58. The van der Waals surface area contributed by atoms with E-state index in [2.05, 4.69) is 10.6 Å². The van der Waals surface area contributed by atoms with Gasteiger partial charge in [-0.15, -0.1) is 0 Å². The summed E-state index contributed by atoms with van der Waals surface area (Å²) in [4.78, 5) is 12.3. The molecule has 1 aromatic rings. The first-order valence-electron chi connectivity index (χ1n) is 9.14. The van der Waals surface area contributed by atoms with Crippen molar-refractivity contribution in [1.29, 1.82) is 0 Å². The monoisotopic (exact) mass is 386 g/mol. The fourth-order valence-corrected chi connectivity index (χ4v) is 5.85. The van der Waals surface area contributed by atoms with Crippen LogP contribution < -0.4 is 10.6 Å². The zero-order valence-corrected chi connectivity index (χ0v) is 15.1. The Balaban J connectivity index is 1.38. The van der Waals surface area contributed by atoms with E-state index in [4.69, 9.17) is 11.6 Å². The summed E-state index contributed by atoms with van der Waals surface area (Å²) in [7, 11) is 0. The van der Waals surface area contributed by atoms with Crippen LogP contribution in [-0.4, -0.2) is 18.0 Å². The molecule has 0 aromatic heterocycles. The molecule has 4 saturated carbocycles. The normalized spacial score (nSPS) is 32.7. The fourth-order valence-electron chi connectivity index (χ4n) is 5.62. The fraction of sp³-hybridized carbons (Fsp3) is 0.632. The number of carbonyl (C=O) groups is 1. The molecule has 0 aliphatic heterocycles. The van der Waals surface area contributed by atoms with Gasteiger partial charge in [0.15, 0.2) is 0 Å². The second kappa shape index (κ2) is 6.41. The predicted octanol–water partition coefficient (Wildman–Crippen LogP) is 4.86. The Morgan fingerprint density at radius 1 is 1.12 bits per heavy atom. The number of anilines is 1. The lowest BCUT2D eigenvalue weighted by Crippen LogP contribution is -2.59. The molecule has 3 nitrogen and oxygen atoms in total. The zero-order valence-electron chi connectivity index (χ0n) is 14.3. The molecule has 1 aromatic carbocycles. The third-order valence-corrected chi connectivity index (χ3v) is 6.55. The highest BCUT2D eigenvalue weighted by Crippen LogP contribution is 2.55. The lowest BCUT2D eigenvalue weighted by Gasteiger charge is -2.57. The summed E-state index contributed by atoms with van der Waals surface area (Å²) in [5.74, 6) is 1.98. The van der Waals surface area contributed by atoms with Crippen LogP contribution in [0.2, 0.25) is 5.02 Å². The van der Waals surface area contributed by atoms with E-state index >= 15 is 0 Å². The molecule has 0 saturated heterocycles. The van der Waals surface area contributed by atoms with Gasteiger partial charge in [0.1, 0.15) is 0 Å². The number of halogens is 4. The molecule has 4 bridgehead atoms. The van der Waals surface area contributed by atoms with E-state index in [0.717, 1.165) is 49.1 Å². The van der Waals surface area contributed by atoms with Gasteiger partial charge in [0.2, 0.25) is 5.91 Å². The van der Waals surface area contributed by atoms with Crippen LogP contribution >= 0.6 is 11.6 Å². The van der Waals surface area contributed by atoms with Crippen molar-refractivity contribution in [2.24, 2.45) is 17.8 Å². The summed E-state index contributed by atoms with van der Waals surface area (Å²) in [6.07, 6.45) is 2.76. The number of hydrogen-bond acceptors (Lipinski definition) is 2. The molecule has 7 heteroatoms. The molecule has 0 atom stereocenters. The first kappa shape index (κ1) is 18.1. The Labute approximate surface area is 155 Å². The van der Waals surface area contributed by atoms with Crippen molar-refractivity contribution in [1.82, 2.24) is 5.32 Å². The van der Waals surface area contributed by atoms with Gasteiger partial charge in [-0.2, -0.15) is 13.2 Å². The molecule has 4 aliphatic carbocycles. The van der Waals surface area contributed by atoms with Gasteiger partial charge in [0.25, 0.3) is 0 Å². The first-order chi connectivity index (χ1) is 12.2. The maximum absolute atomic E-state index is 12.9. The first-order valence-corrected chi connectivity index (χ1v) is 9.52. The lowest BCUT2D eigenvalue weighted by atomic mass is 9.53. The third-order valence-electron chi connectivity index (χ3n) is 6.22. The van der Waals surface area contributed by atoms with Gasteiger partial charge in [-0.25, -0.2) is 0 Å². The standard InChI is InChI=1S/C19H22ClF3N2O/c20-16-2-1-14(6-15(16)19(21,22)23)25-17(26)10-24-18-7-11-3-12(8-18)5-13(4-11)9-18/h1-2,6,11-13,24H,3-5,7-10H2,(H,25,26). The minimum absolute atomic E-state index is 0.0449. The van der Waals surface area contributed by atoms with Crippen LogP contribution in [0.25, 0.3) is 0 Å². The zero-order chi connectivity index (χ0) is 18.5. The Kier molecular flexibility index (Phi) is 4.47. The highest BCUT2D eigenvalue weighted by Gasteiger charge is 2.50. The van der Waals surface area contributed by atoms with Crippen molar-refractivity contribution in [3.05, 3.63) is 28.8 Å². The average Bonchev–Trinajstić information content (AvgIpc) is 2.53. The van der Waals surface area contributed by atoms with Crippen LogP contribution in [0, 0.1) is 17.8 Å². The van der Waals surface area contributed by atoms with Gasteiger partial charge in [-0.3, -0.25) is 4.79 Å². The number of rotatable bonds is 4. The molecular formula is C19H22ClF3N2O. The SMILES string of the molecule is O=C(CNC12CC3CC(CC(C3)C1)C2)Nc1ccc(Cl)c(C(F)(F)F)c1. The highest BCUT2D eigenvalue weighted by atomic mass is 35.5. The molecule has 26 heavy (non-hydrogen) atoms. The largest absolute Gasteiger partial charge is 0.417 e. The summed E-state index contributed by atoms with van der Waals surface area (Å²) in [6.45, 7) is 0.121. The van der Waals surface area contributed by atoms with Crippen molar-refractivity contribution in [3.8, 4) is 0 Å². The number of amides is 1. The topological polar surface area (TPSA) is 41.1 Å². The van der Waals surface area contributed by atoms with Crippen molar-refractivity contribution in [3.63, 3.8) is 0 Å². The summed E-state index contributed by atoms with van der Waals surface area (Å²) in [6, 6.07) is 3.43. The second-order valence-electron chi connectivity index (χ2n) is 8.29. The van der Waals surface area contributed by atoms with Crippen molar-refractivity contribution >= 4 is 23.2 Å². The van der Waals surface area contributed by atoms with Gasteiger partial charge in [-0.05, 0) is 74.5 Å². The van der Waals surface area contributed by atoms with Crippen LogP contribution in [0.1, 0.15) is 44.1 Å². The van der Waals surface area contributed by atoms with Crippen molar-refractivity contribution in [2.45, 2.75) is 50.2 Å². The Morgan fingerprint density at radius 2 is 1.69 bits per heavy atom. The Bertz CT molecular complexity index is 684. The number of alkyl halides is 3. The number of nitrogens with one attached hydrogen (secondary N) is 2. The molecule has 4 aliphatic rings. The van der Waals surface area contributed by atoms with E-state index in [1.165, 1.54) is 25.3 Å². The Morgan fingerprint density at radius 3 is 2.23 bits per heavy atom. The lowest BCUT2D eigenvalue weighted by molar-refractivity contribution is -0.137. The molecule has 0 heterocycles. The van der Waals surface area contributed by atoms with Crippen molar-refractivity contribution < 1.29 is 18.0 Å². The van der Waals surface area contributed by atoms with Crippen LogP contribution in [0.5, 0.6) is 0 Å². The summed E-state index contributed by atoms with van der Waals surface area (Å²) in [5.41, 5.74) is -0.784. The molecule has 5 rings (SSSR count). The molecule has 4 fully saturated rings. The van der Waals surface area contributed by atoms with E-state index in [9.17, 15) is 18.0 Å². The predicted molar refractivity (Wildman–Crippen MR) is 94.0 cm³/mol. The maximum Gasteiger partial charge on any atom is 0.417 e. The minimum atomic E-state index is -4.55. The average molecular weight is 387 g/mol. The van der Waals surface area contributed by atoms with Gasteiger partial charge in [0, 0.05) is 11.2 Å². The summed E-state index contributed by atoms with van der Waals surface area (Å²) in [5, 5.41) is 5.62. The van der Waals surface area contributed by atoms with Gasteiger partial charge < -0.3 is 10.6 Å². The number of hydrogen-bond donors (Lipinski definition) is 2. The number of carbonyl (C=O) groups excluding carboxylic acids is 1. The van der Waals surface area contributed by atoms with E-state index < -0.39 is 11.7 Å². The van der Waals surface area contributed by atoms with E-state index in [1.807, 2.05) is 0 Å². The summed E-state index contributed by atoms with van der Waals surface area (Å²) >= 11 is 5.61. The van der Waals surface area contributed by atoms with Gasteiger partial charge in [-0.1, -0.05) is 11.6 Å². The summed E-state index contributed by atoms with van der Waals surface area (Å²) < 4.78 is 38.8. The molecule has 0 spiro atoms. The van der Waals surface area contributed by atoms with Crippen LogP contribution in [0.15, 0.2) is 18.2 Å². The molecular weight excluding hydrogens is 365 g/mol. The van der Waals surface area contributed by atoms with Crippen LogP contribution in [-0.2, 0) is 11.0 Å². The quantitative estimate of drug-likeness (QED) is 0.776. The maximum atomic E-state index is 12.9. The van der Waals surface area contributed by atoms with E-state index in [-0.39, 0.29) is 28.7 Å². The van der Waals surface area contributed by atoms with E-state index in [0.29, 0.717) is 0 Å². The van der Waals surface area contributed by atoms with E-state index in [1.54, 1.807) is 0 Å². The smallest absolute Gasteiger partial charge is 0.325 e.